The molecule has 9 heteroatoms. The van der Waals surface area contributed by atoms with Crippen molar-refractivity contribution in [1.82, 2.24) is 20.2 Å². The summed E-state index contributed by atoms with van der Waals surface area (Å²) in [6.45, 7) is -0.647. The number of carbonyl (C=O) groups excluding carboxylic acids is 2. The average Bonchev–Trinajstić information content (AvgIpc) is 3.10. The fraction of sp³-hybridized carbons (Fsp3) is 0.118. The van der Waals surface area contributed by atoms with Crippen LogP contribution >= 0.6 is 11.6 Å². The largest absolute Gasteiger partial charge is 0.454 e. The Morgan fingerprint density at radius 1 is 1.08 bits per heavy atom. The van der Waals surface area contributed by atoms with Gasteiger partial charge < -0.3 is 10.1 Å². The fourth-order valence-electron chi connectivity index (χ4n) is 2.05. The second kappa shape index (κ2) is 8.21. The number of carbonyl (C=O) groups is 2. The molecule has 0 aliphatic heterocycles. The van der Waals surface area contributed by atoms with Crippen LogP contribution in [0.2, 0.25) is 5.02 Å². The molecule has 1 amide bonds. The summed E-state index contributed by atoms with van der Waals surface area (Å²) in [5, 5.41) is 15.0. The van der Waals surface area contributed by atoms with Crippen LogP contribution in [0.5, 0.6) is 0 Å². The number of hydrogen-bond acceptors (Lipinski definition) is 6. The predicted octanol–water partition coefficient (Wildman–Crippen LogP) is 2.18. The highest BCUT2D eigenvalue weighted by molar-refractivity contribution is 6.30. The number of tetrazole rings is 1. The monoisotopic (exact) mass is 371 g/mol. The highest BCUT2D eigenvalue weighted by atomic mass is 35.5. The first-order valence-corrected chi connectivity index (χ1v) is 8.02. The van der Waals surface area contributed by atoms with Crippen molar-refractivity contribution in [3.05, 3.63) is 59.6 Å². The normalized spacial score (nSPS) is 10.3. The third kappa shape index (κ3) is 4.87. The second-order valence-electron chi connectivity index (χ2n) is 5.23. The number of hydrogen-bond donors (Lipinski definition) is 1. The number of amides is 1. The third-order valence-corrected chi connectivity index (χ3v) is 3.50. The number of ether oxygens (including phenoxy) is 1. The smallest absolute Gasteiger partial charge is 0.330 e. The Morgan fingerprint density at radius 3 is 2.54 bits per heavy atom. The van der Waals surface area contributed by atoms with E-state index in [9.17, 15) is 9.59 Å². The van der Waals surface area contributed by atoms with Crippen molar-refractivity contribution in [1.29, 1.82) is 0 Å². The first-order chi connectivity index (χ1) is 12.6. The number of anilines is 1. The summed E-state index contributed by atoms with van der Waals surface area (Å²) in [7, 11) is 0. The minimum atomic E-state index is -0.645. The topological polar surface area (TPSA) is 99.0 Å². The van der Waals surface area contributed by atoms with Crippen LogP contribution in [0.15, 0.2) is 54.6 Å². The van der Waals surface area contributed by atoms with Gasteiger partial charge in [-0.2, -0.15) is 4.80 Å². The maximum Gasteiger partial charge on any atom is 0.330 e. The lowest BCUT2D eigenvalue weighted by molar-refractivity contribution is -0.148. The van der Waals surface area contributed by atoms with Crippen LogP contribution in [-0.4, -0.2) is 38.7 Å². The molecule has 3 aromatic rings. The zero-order valence-electron chi connectivity index (χ0n) is 13.5. The van der Waals surface area contributed by atoms with Crippen LogP contribution in [0, 0.1) is 0 Å². The van der Waals surface area contributed by atoms with Crippen LogP contribution in [0.25, 0.3) is 11.4 Å². The van der Waals surface area contributed by atoms with Gasteiger partial charge in [0.1, 0.15) is 0 Å². The molecular formula is C17H14ClN5O3. The summed E-state index contributed by atoms with van der Waals surface area (Å²) in [6, 6.07) is 15.8. The van der Waals surface area contributed by atoms with Gasteiger partial charge in [0.2, 0.25) is 5.82 Å². The van der Waals surface area contributed by atoms with Gasteiger partial charge in [0, 0.05) is 16.3 Å². The number of nitrogens with one attached hydrogen (secondary N) is 1. The van der Waals surface area contributed by atoms with Crippen molar-refractivity contribution in [2.45, 2.75) is 6.54 Å². The van der Waals surface area contributed by atoms with Crippen LogP contribution in [0.4, 0.5) is 5.69 Å². The van der Waals surface area contributed by atoms with Crippen LogP contribution in [0.1, 0.15) is 0 Å². The molecule has 0 bridgehead atoms. The van der Waals surface area contributed by atoms with Crippen LogP contribution < -0.4 is 5.32 Å². The lowest BCUT2D eigenvalue weighted by Crippen LogP contribution is -2.23. The van der Waals surface area contributed by atoms with Gasteiger partial charge >= 0.3 is 5.97 Å². The van der Waals surface area contributed by atoms with Gasteiger partial charge in [-0.05, 0) is 41.6 Å². The molecule has 0 aliphatic rings. The Bertz CT molecular complexity index is 896. The van der Waals surface area contributed by atoms with Gasteiger partial charge in [-0.3, -0.25) is 4.79 Å². The summed E-state index contributed by atoms with van der Waals surface area (Å²) in [6.07, 6.45) is 0. The van der Waals surface area contributed by atoms with Gasteiger partial charge in [-0.25, -0.2) is 4.79 Å². The number of nitrogens with zero attached hydrogens (tertiary/aromatic N) is 4. The second-order valence-corrected chi connectivity index (χ2v) is 5.66. The summed E-state index contributed by atoms with van der Waals surface area (Å²) < 4.78 is 4.91. The van der Waals surface area contributed by atoms with E-state index >= 15 is 0 Å². The Kier molecular flexibility index (Phi) is 5.55. The molecule has 0 aliphatic carbocycles. The quantitative estimate of drug-likeness (QED) is 0.667. The molecule has 0 unspecified atom stereocenters. The van der Waals surface area contributed by atoms with E-state index in [1.54, 1.807) is 48.5 Å². The van der Waals surface area contributed by atoms with E-state index in [2.05, 4.69) is 20.7 Å². The average molecular weight is 372 g/mol. The zero-order chi connectivity index (χ0) is 18.4. The SMILES string of the molecule is O=C(COC(=O)Cn1nnc(-c2ccc(Cl)cc2)n1)Nc1ccccc1. The number of para-hydroxylation sites is 1. The molecule has 0 atom stereocenters. The maximum absolute atomic E-state index is 11.8. The Hall–Kier alpha value is -3.26. The number of halogens is 1. The van der Waals surface area contributed by atoms with E-state index in [0.717, 1.165) is 10.4 Å². The van der Waals surface area contributed by atoms with Crippen molar-refractivity contribution in [2.24, 2.45) is 0 Å². The molecule has 0 fully saturated rings. The maximum atomic E-state index is 11.8. The standard InChI is InChI=1S/C17H14ClN5O3/c18-13-8-6-12(7-9-13)17-20-22-23(21-17)10-16(25)26-11-15(24)19-14-4-2-1-3-5-14/h1-9H,10-11H2,(H,19,24). The highest BCUT2D eigenvalue weighted by Gasteiger charge is 2.12. The molecule has 0 spiro atoms. The lowest BCUT2D eigenvalue weighted by Gasteiger charge is -2.05. The summed E-state index contributed by atoms with van der Waals surface area (Å²) in [5.74, 6) is -0.720. The van der Waals surface area contributed by atoms with E-state index in [4.69, 9.17) is 16.3 Å². The molecule has 3 rings (SSSR count). The van der Waals surface area contributed by atoms with Gasteiger partial charge in [-0.15, -0.1) is 10.2 Å². The highest BCUT2D eigenvalue weighted by Crippen LogP contribution is 2.16. The molecule has 1 aromatic heterocycles. The summed E-state index contributed by atoms with van der Waals surface area (Å²) in [5.41, 5.74) is 1.34. The van der Waals surface area contributed by atoms with E-state index < -0.39 is 18.5 Å². The third-order valence-electron chi connectivity index (χ3n) is 3.25. The van der Waals surface area contributed by atoms with E-state index in [0.29, 0.717) is 16.5 Å². The van der Waals surface area contributed by atoms with Crippen LogP contribution in [0.3, 0.4) is 0 Å². The summed E-state index contributed by atoms with van der Waals surface area (Å²) >= 11 is 5.83. The first-order valence-electron chi connectivity index (χ1n) is 7.64. The molecule has 132 valence electrons. The number of esters is 1. The first kappa shape index (κ1) is 17.6. The van der Waals surface area contributed by atoms with E-state index in [1.165, 1.54) is 0 Å². The number of benzene rings is 2. The molecule has 1 heterocycles. The van der Waals surface area contributed by atoms with Crippen molar-refractivity contribution >= 4 is 29.2 Å². The number of aromatic nitrogens is 4. The zero-order valence-corrected chi connectivity index (χ0v) is 14.3. The van der Waals surface area contributed by atoms with Crippen molar-refractivity contribution in [2.75, 3.05) is 11.9 Å². The van der Waals surface area contributed by atoms with Crippen molar-refractivity contribution in [3.8, 4) is 11.4 Å². The minimum Gasteiger partial charge on any atom is -0.454 e. The van der Waals surface area contributed by atoms with E-state index in [1.807, 2.05) is 6.07 Å². The van der Waals surface area contributed by atoms with Crippen molar-refractivity contribution in [3.63, 3.8) is 0 Å². The van der Waals surface area contributed by atoms with Gasteiger partial charge in [-0.1, -0.05) is 29.8 Å². The molecule has 0 saturated carbocycles. The van der Waals surface area contributed by atoms with Crippen LogP contribution in [-0.2, 0) is 20.9 Å². The van der Waals surface area contributed by atoms with Gasteiger partial charge in [0.25, 0.3) is 5.91 Å². The lowest BCUT2D eigenvalue weighted by atomic mass is 10.2. The fourth-order valence-corrected chi connectivity index (χ4v) is 2.18. The molecule has 0 radical (unpaired) electrons. The van der Waals surface area contributed by atoms with Crippen molar-refractivity contribution < 1.29 is 14.3 Å². The van der Waals surface area contributed by atoms with Gasteiger partial charge in [0.05, 0.1) is 0 Å². The predicted molar refractivity (Wildman–Crippen MR) is 94.3 cm³/mol. The molecular weight excluding hydrogens is 358 g/mol. The Labute approximate surface area is 153 Å². The minimum absolute atomic E-state index is 0.251. The molecule has 0 saturated heterocycles. The Balaban J connectivity index is 1.49. The number of rotatable bonds is 6. The molecule has 2 aromatic carbocycles. The molecule has 8 nitrogen and oxygen atoms in total. The van der Waals surface area contributed by atoms with E-state index in [-0.39, 0.29) is 6.54 Å². The Morgan fingerprint density at radius 2 is 1.81 bits per heavy atom. The summed E-state index contributed by atoms with van der Waals surface area (Å²) in [4.78, 5) is 24.6. The molecule has 1 N–H and O–H groups in total. The molecule has 26 heavy (non-hydrogen) atoms. The van der Waals surface area contributed by atoms with Gasteiger partial charge in [0.15, 0.2) is 13.2 Å².